The molecule has 1 aromatic carbocycles. The van der Waals surface area contributed by atoms with Crippen molar-refractivity contribution < 1.29 is 4.74 Å². The van der Waals surface area contributed by atoms with E-state index in [2.05, 4.69) is 32.0 Å². The van der Waals surface area contributed by atoms with Crippen LogP contribution in [0.5, 0.6) is 5.75 Å². The number of ether oxygens (including phenoxy) is 1. The molecule has 0 saturated carbocycles. The topological polar surface area (TPSA) is 35.2 Å². The van der Waals surface area contributed by atoms with Crippen LogP contribution in [-0.2, 0) is 0 Å². The Morgan fingerprint density at radius 2 is 2.07 bits per heavy atom. The lowest BCUT2D eigenvalue weighted by molar-refractivity contribution is 0.283. The van der Waals surface area contributed by atoms with Crippen molar-refractivity contribution in [2.75, 3.05) is 6.61 Å². The van der Waals surface area contributed by atoms with Gasteiger partial charge in [0.2, 0.25) is 0 Å². The largest absolute Gasteiger partial charge is 0.492 e. The van der Waals surface area contributed by atoms with Gasteiger partial charge in [0.15, 0.2) is 0 Å². The van der Waals surface area contributed by atoms with E-state index in [1.54, 1.807) is 0 Å². The lowest BCUT2D eigenvalue weighted by Crippen LogP contribution is -2.26. The van der Waals surface area contributed by atoms with E-state index < -0.39 is 0 Å². The van der Waals surface area contributed by atoms with E-state index in [4.69, 9.17) is 10.5 Å². The molecule has 0 aromatic heterocycles. The van der Waals surface area contributed by atoms with Crippen LogP contribution in [0.3, 0.4) is 0 Å². The number of rotatable bonds is 4. The van der Waals surface area contributed by atoms with Gasteiger partial charge in [-0.1, -0.05) is 19.1 Å². The minimum absolute atomic E-state index is 0.134. The number of nitrogens with two attached hydrogens (primary N) is 1. The third-order valence-corrected chi connectivity index (χ3v) is 2.32. The number of hydrogen-bond donors (Lipinski definition) is 1. The molecular formula is C12H19NO. The first-order valence-electron chi connectivity index (χ1n) is 5.09. The van der Waals surface area contributed by atoms with Crippen LogP contribution in [0, 0.1) is 13.8 Å². The molecule has 0 amide bonds. The van der Waals surface area contributed by atoms with E-state index in [1.165, 1.54) is 11.1 Å². The second-order valence-electron chi connectivity index (χ2n) is 3.75. The molecule has 0 bridgehead atoms. The van der Waals surface area contributed by atoms with Gasteiger partial charge in [-0.05, 0) is 37.5 Å². The molecule has 1 rings (SSSR count). The fraction of sp³-hybridized carbons (Fsp3) is 0.500. The molecule has 2 N–H and O–H groups in total. The molecule has 0 aliphatic heterocycles. The zero-order chi connectivity index (χ0) is 10.6. The van der Waals surface area contributed by atoms with Crippen LogP contribution in [0.15, 0.2) is 18.2 Å². The molecule has 0 saturated heterocycles. The van der Waals surface area contributed by atoms with E-state index in [0.717, 1.165) is 12.2 Å². The molecule has 0 radical (unpaired) electrons. The Bertz CT molecular complexity index is 296. The number of hydrogen-bond acceptors (Lipinski definition) is 2. The van der Waals surface area contributed by atoms with Crippen LogP contribution in [-0.4, -0.2) is 12.6 Å². The molecule has 0 heterocycles. The molecule has 1 unspecified atom stereocenters. The van der Waals surface area contributed by atoms with Gasteiger partial charge in [0.1, 0.15) is 12.4 Å². The second kappa shape index (κ2) is 5.01. The Morgan fingerprint density at radius 3 is 2.71 bits per heavy atom. The Morgan fingerprint density at radius 1 is 1.36 bits per heavy atom. The van der Waals surface area contributed by atoms with Gasteiger partial charge >= 0.3 is 0 Å². The average Bonchev–Trinajstić information content (AvgIpc) is 2.19. The van der Waals surface area contributed by atoms with Gasteiger partial charge in [0, 0.05) is 6.04 Å². The van der Waals surface area contributed by atoms with Crippen molar-refractivity contribution in [1.82, 2.24) is 0 Å². The SMILES string of the molecule is CCC(N)COc1cc(C)ccc1C. The molecular weight excluding hydrogens is 174 g/mol. The first-order chi connectivity index (χ1) is 6.63. The maximum Gasteiger partial charge on any atom is 0.122 e. The highest BCUT2D eigenvalue weighted by atomic mass is 16.5. The van der Waals surface area contributed by atoms with Crippen LogP contribution in [0.4, 0.5) is 0 Å². The van der Waals surface area contributed by atoms with Gasteiger partial charge in [-0.3, -0.25) is 0 Å². The summed E-state index contributed by atoms with van der Waals surface area (Å²) >= 11 is 0. The van der Waals surface area contributed by atoms with E-state index in [-0.39, 0.29) is 6.04 Å². The van der Waals surface area contributed by atoms with E-state index in [0.29, 0.717) is 6.61 Å². The van der Waals surface area contributed by atoms with Crippen LogP contribution in [0.1, 0.15) is 24.5 Å². The normalized spacial score (nSPS) is 12.6. The summed E-state index contributed by atoms with van der Waals surface area (Å²) in [6, 6.07) is 6.34. The highest BCUT2D eigenvalue weighted by molar-refractivity contribution is 5.35. The van der Waals surface area contributed by atoms with Crippen molar-refractivity contribution >= 4 is 0 Å². The van der Waals surface area contributed by atoms with Crippen LogP contribution in [0.25, 0.3) is 0 Å². The Labute approximate surface area is 86.1 Å². The lowest BCUT2D eigenvalue weighted by Gasteiger charge is -2.13. The van der Waals surface area contributed by atoms with Gasteiger partial charge in [-0.25, -0.2) is 0 Å². The highest BCUT2D eigenvalue weighted by Crippen LogP contribution is 2.19. The minimum Gasteiger partial charge on any atom is -0.492 e. The lowest BCUT2D eigenvalue weighted by atomic mass is 10.1. The fourth-order valence-corrected chi connectivity index (χ4v) is 1.18. The summed E-state index contributed by atoms with van der Waals surface area (Å²) in [5, 5.41) is 0. The van der Waals surface area contributed by atoms with E-state index >= 15 is 0 Å². The van der Waals surface area contributed by atoms with E-state index in [9.17, 15) is 0 Å². The molecule has 14 heavy (non-hydrogen) atoms. The quantitative estimate of drug-likeness (QED) is 0.797. The molecule has 1 aromatic rings. The maximum absolute atomic E-state index is 5.78. The highest BCUT2D eigenvalue weighted by Gasteiger charge is 2.03. The summed E-state index contributed by atoms with van der Waals surface area (Å²) in [5.74, 6) is 0.953. The third kappa shape index (κ3) is 3.04. The summed E-state index contributed by atoms with van der Waals surface area (Å²) in [6.07, 6.45) is 0.949. The minimum atomic E-state index is 0.134. The van der Waals surface area contributed by atoms with Crippen molar-refractivity contribution in [2.45, 2.75) is 33.2 Å². The second-order valence-corrected chi connectivity index (χ2v) is 3.75. The Kier molecular flexibility index (Phi) is 3.96. The monoisotopic (exact) mass is 193 g/mol. The van der Waals surface area contributed by atoms with Crippen LogP contribution >= 0.6 is 0 Å². The molecule has 1 atom stereocenters. The summed E-state index contributed by atoms with van der Waals surface area (Å²) in [6.45, 7) is 6.77. The van der Waals surface area contributed by atoms with Crippen molar-refractivity contribution in [1.29, 1.82) is 0 Å². The van der Waals surface area contributed by atoms with Gasteiger partial charge in [0.05, 0.1) is 0 Å². The van der Waals surface area contributed by atoms with Crippen LogP contribution in [0.2, 0.25) is 0 Å². The molecule has 2 nitrogen and oxygen atoms in total. The standard InChI is InChI=1S/C12H19NO/c1-4-11(13)8-14-12-7-9(2)5-6-10(12)3/h5-7,11H,4,8,13H2,1-3H3. The molecule has 78 valence electrons. The van der Waals surface area contributed by atoms with Crippen molar-refractivity contribution in [2.24, 2.45) is 5.73 Å². The predicted octanol–water partition coefficient (Wildman–Crippen LogP) is 2.42. The first kappa shape index (κ1) is 11.1. The molecule has 0 fully saturated rings. The van der Waals surface area contributed by atoms with Crippen molar-refractivity contribution in [3.63, 3.8) is 0 Å². The van der Waals surface area contributed by atoms with Gasteiger partial charge in [-0.15, -0.1) is 0 Å². The van der Waals surface area contributed by atoms with Crippen molar-refractivity contribution in [3.05, 3.63) is 29.3 Å². The van der Waals surface area contributed by atoms with Crippen LogP contribution < -0.4 is 10.5 Å². The van der Waals surface area contributed by atoms with Crippen molar-refractivity contribution in [3.8, 4) is 5.75 Å². The fourth-order valence-electron chi connectivity index (χ4n) is 1.18. The summed E-state index contributed by atoms with van der Waals surface area (Å²) in [5.41, 5.74) is 8.17. The average molecular weight is 193 g/mol. The molecule has 0 spiro atoms. The predicted molar refractivity (Wildman–Crippen MR) is 59.7 cm³/mol. The van der Waals surface area contributed by atoms with E-state index in [1.807, 2.05) is 6.92 Å². The first-order valence-corrected chi connectivity index (χ1v) is 5.09. The third-order valence-electron chi connectivity index (χ3n) is 2.32. The van der Waals surface area contributed by atoms with Gasteiger partial charge in [-0.2, -0.15) is 0 Å². The Hall–Kier alpha value is -1.02. The zero-order valence-electron chi connectivity index (χ0n) is 9.21. The summed E-state index contributed by atoms with van der Waals surface area (Å²) < 4.78 is 5.65. The van der Waals surface area contributed by atoms with Gasteiger partial charge < -0.3 is 10.5 Å². The maximum atomic E-state index is 5.78. The molecule has 0 aliphatic carbocycles. The smallest absolute Gasteiger partial charge is 0.122 e. The Balaban J connectivity index is 2.62. The summed E-state index contributed by atoms with van der Waals surface area (Å²) in [7, 11) is 0. The number of aryl methyl sites for hydroxylation is 2. The zero-order valence-corrected chi connectivity index (χ0v) is 9.21. The van der Waals surface area contributed by atoms with Gasteiger partial charge in [0.25, 0.3) is 0 Å². The number of benzene rings is 1. The summed E-state index contributed by atoms with van der Waals surface area (Å²) in [4.78, 5) is 0. The molecule has 2 heteroatoms. The molecule has 0 aliphatic rings.